The molecule has 0 heterocycles. The van der Waals surface area contributed by atoms with Gasteiger partial charge >= 0.3 is 0 Å². The van der Waals surface area contributed by atoms with Crippen LogP contribution in [-0.4, -0.2) is 17.7 Å². The molecule has 2 atom stereocenters. The van der Waals surface area contributed by atoms with E-state index < -0.39 is 0 Å². The lowest BCUT2D eigenvalue weighted by atomic mass is 9.89. The molecule has 3 heteroatoms. The number of amides is 1. The van der Waals surface area contributed by atoms with Crippen LogP contribution in [0.25, 0.3) is 0 Å². The molecule has 0 aromatic rings. The molecule has 3 nitrogen and oxygen atoms in total. The van der Waals surface area contributed by atoms with Gasteiger partial charge in [-0.15, -0.1) is 0 Å². The molecule has 1 N–H and O–H groups in total. The van der Waals surface area contributed by atoms with Gasteiger partial charge in [0.2, 0.25) is 5.91 Å². The minimum Gasteiger partial charge on any atom is -0.353 e. The van der Waals surface area contributed by atoms with E-state index >= 15 is 0 Å². The third-order valence-corrected chi connectivity index (χ3v) is 2.86. The quantitative estimate of drug-likeness (QED) is 0.745. The highest BCUT2D eigenvalue weighted by Crippen LogP contribution is 2.16. The highest BCUT2D eigenvalue weighted by molar-refractivity contribution is 5.85. The van der Waals surface area contributed by atoms with E-state index in [4.69, 9.17) is 0 Å². The standard InChI is InChI=1S/C14H27NO2/c1-9(2)7-11(5)15-14(17)13(10(3)4)8-12(6)16/h9-11,13H,7-8H2,1-6H3,(H,15,17). The summed E-state index contributed by atoms with van der Waals surface area (Å²) in [5.74, 6) is 0.668. The molecule has 17 heavy (non-hydrogen) atoms. The number of carbonyl (C=O) groups is 2. The van der Waals surface area contributed by atoms with Gasteiger partial charge in [0.05, 0.1) is 0 Å². The lowest BCUT2D eigenvalue weighted by Gasteiger charge is -2.23. The zero-order valence-corrected chi connectivity index (χ0v) is 12.0. The van der Waals surface area contributed by atoms with Gasteiger partial charge in [-0.25, -0.2) is 0 Å². The molecular formula is C14H27NO2. The molecule has 0 aliphatic heterocycles. The fourth-order valence-corrected chi connectivity index (χ4v) is 2.06. The van der Waals surface area contributed by atoms with Crippen molar-refractivity contribution in [2.75, 3.05) is 0 Å². The van der Waals surface area contributed by atoms with Gasteiger partial charge in [0.15, 0.2) is 0 Å². The van der Waals surface area contributed by atoms with Crippen LogP contribution in [0.4, 0.5) is 0 Å². The van der Waals surface area contributed by atoms with Gasteiger partial charge in [0.1, 0.15) is 5.78 Å². The molecule has 100 valence electrons. The minimum atomic E-state index is -0.192. The van der Waals surface area contributed by atoms with Crippen molar-refractivity contribution >= 4 is 11.7 Å². The molecule has 0 saturated carbocycles. The van der Waals surface area contributed by atoms with Gasteiger partial charge in [-0.05, 0) is 32.1 Å². The molecular weight excluding hydrogens is 214 g/mol. The second-order valence-corrected chi connectivity index (χ2v) is 5.80. The Kier molecular flexibility index (Phi) is 7.09. The zero-order chi connectivity index (χ0) is 13.6. The Morgan fingerprint density at radius 2 is 1.59 bits per heavy atom. The topological polar surface area (TPSA) is 46.2 Å². The maximum absolute atomic E-state index is 12.0. The van der Waals surface area contributed by atoms with Crippen molar-refractivity contribution in [1.29, 1.82) is 0 Å². The van der Waals surface area contributed by atoms with Crippen LogP contribution in [0.2, 0.25) is 0 Å². The van der Waals surface area contributed by atoms with Gasteiger partial charge in [-0.1, -0.05) is 27.7 Å². The van der Waals surface area contributed by atoms with Gasteiger partial charge in [0.25, 0.3) is 0 Å². The summed E-state index contributed by atoms with van der Waals surface area (Å²) < 4.78 is 0. The lowest BCUT2D eigenvalue weighted by Crippen LogP contribution is -2.40. The molecule has 0 aromatic carbocycles. The predicted octanol–water partition coefficient (Wildman–Crippen LogP) is 2.79. The summed E-state index contributed by atoms with van der Waals surface area (Å²) >= 11 is 0. The van der Waals surface area contributed by atoms with Gasteiger partial charge in [-0.3, -0.25) is 4.79 Å². The Morgan fingerprint density at radius 3 is 1.94 bits per heavy atom. The second-order valence-electron chi connectivity index (χ2n) is 5.80. The van der Waals surface area contributed by atoms with Crippen molar-refractivity contribution in [2.45, 2.75) is 60.4 Å². The van der Waals surface area contributed by atoms with Crippen molar-refractivity contribution in [1.82, 2.24) is 5.32 Å². The van der Waals surface area contributed by atoms with E-state index in [0.717, 1.165) is 6.42 Å². The van der Waals surface area contributed by atoms with Crippen LogP contribution in [0.1, 0.15) is 54.4 Å². The summed E-state index contributed by atoms with van der Waals surface area (Å²) in [4.78, 5) is 23.2. The van der Waals surface area contributed by atoms with Crippen molar-refractivity contribution in [3.05, 3.63) is 0 Å². The first kappa shape index (κ1) is 16.1. The molecule has 0 aliphatic rings. The minimum absolute atomic E-state index is 0.0170. The van der Waals surface area contributed by atoms with E-state index in [1.54, 1.807) is 6.92 Å². The number of ketones is 1. The summed E-state index contributed by atoms with van der Waals surface area (Å²) in [6, 6.07) is 0.177. The Balaban J connectivity index is 4.37. The zero-order valence-electron chi connectivity index (χ0n) is 12.0. The van der Waals surface area contributed by atoms with Crippen molar-refractivity contribution in [2.24, 2.45) is 17.8 Å². The Labute approximate surface area is 105 Å². The maximum Gasteiger partial charge on any atom is 0.224 e. The Morgan fingerprint density at radius 1 is 1.06 bits per heavy atom. The SMILES string of the molecule is CC(=O)CC(C(=O)NC(C)CC(C)C)C(C)C. The number of hydrogen-bond acceptors (Lipinski definition) is 2. The van der Waals surface area contributed by atoms with E-state index in [2.05, 4.69) is 19.2 Å². The smallest absolute Gasteiger partial charge is 0.224 e. The van der Waals surface area contributed by atoms with Crippen LogP contribution < -0.4 is 5.32 Å². The first-order chi connectivity index (χ1) is 7.73. The van der Waals surface area contributed by atoms with E-state index in [-0.39, 0.29) is 29.6 Å². The fraction of sp³-hybridized carbons (Fsp3) is 0.857. The van der Waals surface area contributed by atoms with Crippen LogP contribution in [0.3, 0.4) is 0 Å². The predicted molar refractivity (Wildman–Crippen MR) is 70.7 cm³/mol. The first-order valence-electron chi connectivity index (χ1n) is 6.53. The van der Waals surface area contributed by atoms with E-state index in [1.807, 2.05) is 20.8 Å². The van der Waals surface area contributed by atoms with E-state index in [1.165, 1.54) is 0 Å². The molecule has 0 saturated heterocycles. The summed E-state index contributed by atoms with van der Waals surface area (Å²) in [5.41, 5.74) is 0. The second kappa shape index (κ2) is 7.46. The number of nitrogens with one attached hydrogen (secondary N) is 1. The van der Waals surface area contributed by atoms with Crippen LogP contribution in [0, 0.1) is 17.8 Å². The number of rotatable bonds is 7. The average Bonchev–Trinajstić information content (AvgIpc) is 2.11. The monoisotopic (exact) mass is 241 g/mol. The summed E-state index contributed by atoms with van der Waals surface area (Å²) in [6.07, 6.45) is 1.31. The fourth-order valence-electron chi connectivity index (χ4n) is 2.06. The summed E-state index contributed by atoms with van der Waals surface area (Å²) in [7, 11) is 0. The van der Waals surface area contributed by atoms with Crippen molar-refractivity contribution < 1.29 is 9.59 Å². The van der Waals surface area contributed by atoms with Gasteiger partial charge < -0.3 is 10.1 Å². The molecule has 0 fully saturated rings. The largest absolute Gasteiger partial charge is 0.353 e. The van der Waals surface area contributed by atoms with E-state index in [0.29, 0.717) is 12.3 Å². The van der Waals surface area contributed by atoms with Crippen molar-refractivity contribution in [3.8, 4) is 0 Å². The third-order valence-electron chi connectivity index (χ3n) is 2.86. The van der Waals surface area contributed by atoms with Crippen LogP contribution in [0.15, 0.2) is 0 Å². The molecule has 0 aromatic heterocycles. The summed E-state index contributed by atoms with van der Waals surface area (Å²) in [5, 5.41) is 3.01. The highest BCUT2D eigenvalue weighted by atomic mass is 16.2. The Bertz CT molecular complexity index is 259. The summed E-state index contributed by atoms with van der Waals surface area (Å²) in [6.45, 7) is 11.8. The van der Waals surface area contributed by atoms with Crippen molar-refractivity contribution in [3.63, 3.8) is 0 Å². The van der Waals surface area contributed by atoms with Crippen LogP contribution in [0.5, 0.6) is 0 Å². The van der Waals surface area contributed by atoms with Gasteiger partial charge in [-0.2, -0.15) is 0 Å². The first-order valence-corrected chi connectivity index (χ1v) is 6.53. The molecule has 2 unspecified atom stereocenters. The van der Waals surface area contributed by atoms with Gasteiger partial charge in [0, 0.05) is 18.4 Å². The molecule has 0 aliphatic carbocycles. The third kappa shape index (κ3) is 7.14. The number of Topliss-reactive ketones (excluding diaryl/α,β-unsaturated/α-hetero) is 1. The molecule has 0 rings (SSSR count). The maximum atomic E-state index is 12.0. The number of hydrogen-bond donors (Lipinski definition) is 1. The van der Waals surface area contributed by atoms with Crippen LogP contribution in [-0.2, 0) is 9.59 Å². The lowest BCUT2D eigenvalue weighted by molar-refractivity contribution is -0.130. The normalized spacial score (nSPS) is 14.8. The highest BCUT2D eigenvalue weighted by Gasteiger charge is 2.24. The Hall–Kier alpha value is -0.860. The number of carbonyl (C=O) groups excluding carboxylic acids is 2. The van der Waals surface area contributed by atoms with Crippen LogP contribution >= 0.6 is 0 Å². The van der Waals surface area contributed by atoms with E-state index in [9.17, 15) is 9.59 Å². The average molecular weight is 241 g/mol. The molecule has 0 radical (unpaired) electrons. The molecule has 0 bridgehead atoms. The molecule has 1 amide bonds. The molecule has 0 spiro atoms.